The number of nitrogens with zero attached hydrogens (tertiary/aromatic N) is 2. The van der Waals surface area contributed by atoms with E-state index in [1.54, 1.807) is 6.92 Å². The van der Waals surface area contributed by atoms with Crippen LogP contribution < -0.4 is 9.62 Å². The molecule has 2 aromatic rings. The van der Waals surface area contributed by atoms with Crippen molar-refractivity contribution in [2.75, 3.05) is 22.4 Å². The largest absolute Gasteiger partial charge is 0.360 e. The van der Waals surface area contributed by atoms with Gasteiger partial charge in [-0.25, -0.2) is 12.7 Å². The number of carbonyl (C=O) groups excluding carboxylic acids is 1. The van der Waals surface area contributed by atoms with Crippen LogP contribution in [-0.2, 0) is 14.8 Å². The molecule has 2 rings (SSSR count). The number of aryl methyl sites for hydroxylation is 1. The molecule has 0 aliphatic heterocycles. The summed E-state index contributed by atoms with van der Waals surface area (Å²) in [6.45, 7) is 1.15. The van der Waals surface area contributed by atoms with E-state index in [4.69, 9.17) is 27.7 Å². The normalized spacial score (nSPS) is 11.3. The Kier molecular flexibility index (Phi) is 5.18. The van der Waals surface area contributed by atoms with E-state index < -0.39 is 22.5 Å². The Morgan fingerprint density at radius 3 is 2.35 bits per heavy atom. The zero-order valence-corrected chi connectivity index (χ0v) is 14.5. The number of rotatable bonds is 5. The van der Waals surface area contributed by atoms with Crippen molar-refractivity contribution in [3.05, 3.63) is 40.1 Å². The Bertz CT molecular complexity index is 815. The monoisotopic (exact) mass is 377 g/mol. The second-order valence-corrected chi connectivity index (χ2v) is 7.55. The Balaban J connectivity index is 2.18. The second-order valence-electron chi connectivity index (χ2n) is 4.77. The molecule has 0 fully saturated rings. The summed E-state index contributed by atoms with van der Waals surface area (Å²) in [4.78, 5) is 12.1. The molecule has 0 aliphatic carbocycles. The highest BCUT2D eigenvalue weighted by molar-refractivity contribution is 7.92. The van der Waals surface area contributed by atoms with Gasteiger partial charge in [-0.05, 0) is 25.1 Å². The third-order valence-corrected chi connectivity index (χ3v) is 4.26. The topological polar surface area (TPSA) is 92.5 Å². The van der Waals surface area contributed by atoms with Crippen LogP contribution in [0.15, 0.2) is 28.8 Å². The minimum absolute atomic E-state index is 0.0317. The predicted octanol–water partition coefficient (Wildman–Crippen LogP) is 2.69. The molecule has 1 amide bonds. The van der Waals surface area contributed by atoms with Gasteiger partial charge in [0, 0.05) is 21.8 Å². The lowest BCUT2D eigenvalue weighted by atomic mass is 10.3. The molecule has 0 radical (unpaired) electrons. The molecule has 1 heterocycles. The maximum Gasteiger partial charge on any atom is 0.245 e. The average molecular weight is 378 g/mol. The molecule has 1 aromatic carbocycles. The fourth-order valence-electron chi connectivity index (χ4n) is 1.80. The summed E-state index contributed by atoms with van der Waals surface area (Å²) in [6, 6.07) is 5.93. The van der Waals surface area contributed by atoms with Crippen LogP contribution in [0.2, 0.25) is 10.0 Å². The number of halogens is 2. The van der Waals surface area contributed by atoms with E-state index in [2.05, 4.69) is 10.5 Å². The van der Waals surface area contributed by atoms with Crippen LogP contribution in [0.1, 0.15) is 5.76 Å². The molecule has 0 unspecified atom stereocenters. The summed E-state index contributed by atoms with van der Waals surface area (Å²) in [6.07, 6.45) is 0.973. The number of anilines is 2. The molecule has 0 saturated carbocycles. The Labute approximate surface area is 143 Å². The van der Waals surface area contributed by atoms with Crippen molar-refractivity contribution < 1.29 is 17.7 Å². The molecule has 0 saturated heterocycles. The van der Waals surface area contributed by atoms with Gasteiger partial charge >= 0.3 is 0 Å². The molecule has 10 heteroatoms. The van der Waals surface area contributed by atoms with E-state index in [-0.39, 0.29) is 5.82 Å². The molecule has 23 heavy (non-hydrogen) atoms. The fourth-order valence-corrected chi connectivity index (χ4v) is 3.10. The van der Waals surface area contributed by atoms with Gasteiger partial charge in [0.2, 0.25) is 15.9 Å². The highest BCUT2D eigenvalue weighted by atomic mass is 35.5. The number of hydrogen-bond acceptors (Lipinski definition) is 5. The highest BCUT2D eigenvalue weighted by Gasteiger charge is 2.24. The number of amides is 1. The first-order valence-corrected chi connectivity index (χ1v) is 8.92. The lowest BCUT2D eigenvalue weighted by Crippen LogP contribution is -2.37. The van der Waals surface area contributed by atoms with E-state index in [0.29, 0.717) is 21.5 Å². The first-order valence-electron chi connectivity index (χ1n) is 6.32. The van der Waals surface area contributed by atoms with Crippen molar-refractivity contribution in [3.63, 3.8) is 0 Å². The summed E-state index contributed by atoms with van der Waals surface area (Å²) < 4.78 is 29.4. The van der Waals surface area contributed by atoms with Crippen LogP contribution in [0.3, 0.4) is 0 Å². The van der Waals surface area contributed by atoms with Gasteiger partial charge in [-0.2, -0.15) is 0 Å². The van der Waals surface area contributed by atoms with Crippen molar-refractivity contribution in [2.45, 2.75) is 6.92 Å². The molecule has 1 N–H and O–H groups in total. The number of benzene rings is 1. The third-order valence-electron chi connectivity index (χ3n) is 2.70. The molecular weight excluding hydrogens is 365 g/mol. The molecule has 0 atom stereocenters. The molecule has 124 valence electrons. The zero-order valence-electron chi connectivity index (χ0n) is 12.2. The molecule has 0 spiro atoms. The SMILES string of the molecule is Cc1cc(N(CC(=O)Nc2cc(Cl)cc(Cl)c2)S(C)(=O)=O)no1. The van der Waals surface area contributed by atoms with Gasteiger partial charge in [0.1, 0.15) is 12.3 Å². The smallest absolute Gasteiger partial charge is 0.245 e. The summed E-state index contributed by atoms with van der Waals surface area (Å²) in [5.74, 6) is -0.116. The van der Waals surface area contributed by atoms with Gasteiger partial charge in [-0.1, -0.05) is 28.4 Å². The van der Waals surface area contributed by atoms with Crippen molar-refractivity contribution in [1.82, 2.24) is 5.16 Å². The number of nitrogens with one attached hydrogen (secondary N) is 1. The molecule has 0 bridgehead atoms. The van der Waals surface area contributed by atoms with Crippen molar-refractivity contribution in [3.8, 4) is 0 Å². The third kappa shape index (κ3) is 4.85. The second kappa shape index (κ2) is 6.77. The van der Waals surface area contributed by atoms with Crippen molar-refractivity contribution >= 4 is 50.6 Å². The highest BCUT2D eigenvalue weighted by Crippen LogP contribution is 2.23. The quantitative estimate of drug-likeness (QED) is 0.864. The Morgan fingerprint density at radius 1 is 1.26 bits per heavy atom. The summed E-state index contributed by atoms with van der Waals surface area (Å²) in [5.41, 5.74) is 0.359. The molecule has 7 nitrogen and oxygen atoms in total. The van der Waals surface area contributed by atoms with Crippen LogP contribution in [-0.4, -0.2) is 32.3 Å². The van der Waals surface area contributed by atoms with E-state index >= 15 is 0 Å². The summed E-state index contributed by atoms with van der Waals surface area (Å²) in [5, 5.41) is 6.85. The Hall–Kier alpha value is -1.77. The van der Waals surface area contributed by atoms with E-state index in [0.717, 1.165) is 10.6 Å². The number of hydrogen-bond donors (Lipinski definition) is 1. The standard InChI is InChI=1S/C13H13Cl2N3O4S/c1-8-3-12(17-22-8)18(23(2,20)21)7-13(19)16-11-5-9(14)4-10(15)6-11/h3-6H,7H2,1-2H3,(H,16,19). The van der Waals surface area contributed by atoms with Gasteiger partial charge in [0.15, 0.2) is 5.82 Å². The molecule has 0 aliphatic rings. The maximum absolute atomic E-state index is 12.1. The minimum atomic E-state index is -3.71. The number of sulfonamides is 1. The van der Waals surface area contributed by atoms with Crippen molar-refractivity contribution in [2.24, 2.45) is 0 Å². The lowest BCUT2D eigenvalue weighted by Gasteiger charge is -2.18. The van der Waals surface area contributed by atoms with Gasteiger partial charge < -0.3 is 9.84 Å². The van der Waals surface area contributed by atoms with Gasteiger partial charge in [0.25, 0.3) is 0 Å². The van der Waals surface area contributed by atoms with E-state index in [9.17, 15) is 13.2 Å². The Morgan fingerprint density at radius 2 is 1.87 bits per heavy atom. The number of carbonyl (C=O) groups is 1. The molecule has 1 aromatic heterocycles. The van der Waals surface area contributed by atoms with Crippen LogP contribution in [0.25, 0.3) is 0 Å². The van der Waals surface area contributed by atoms with Gasteiger partial charge in [-0.3, -0.25) is 4.79 Å². The fraction of sp³-hybridized carbons (Fsp3) is 0.231. The maximum atomic E-state index is 12.1. The average Bonchev–Trinajstić information content (AvgIpc) is 2.79. The predicted molar refractivity (Wildman–Crippen MR) is 88.5 cm³/mol. The first kappa shape index (κ1) is 17.6. The summed E-state index contributed by atoms with van der Waals surface area (Å²) in [7, 11) is -3.71. The van der Waals surface area contributed by atoms with Crippen LogP contribution >= 0.6 is 23.2 Å². The van der Waals surface area contributed by atoms with Crippen LogP contribution in [0.4, 0.5) is 11.5 Å². The van der Waals surface area contributed by atoms with Crippen LogP contribution in [0.5, 0.6) is 0 Å². The molecular formula is C13H13Cl2N3O4S. The minimum Gasteiger partial charge on any atom is -0.360 e. The van der Waals surface area contributed by atoms with Gasteiger partial charge in [-0.15, -0.1) is 0 Å². The zero-order chi connectivity index (χ0) is 17.2. The van der Waals surface area contributed by atoms with E-state index in [1.165, 1.54) is 24.3 Å². The lowest BCUT2D eigenvalue weighted by molar-refractivity contribution is -0.114. The van der Waals surface area contributed by atoms with Gasteiger partial charge in [0.05, 0.1) is 6.26 Å². The number of aromatic nitrogens is 1. The van der Waals surface area contributed by atoms with Crippen molar-refractivity contribution in [1.29, 1.82) is 0 Å². The summed E-state index contributed by atoms with van der Waals surface area (Å²) >= 11 is 11.7. The first-order chi connectivity index (χ1) is 10.6. The van der Waals surface area contributed by atoms with E-state index in [1.807, 2.05) is 0 Å². The van der Waals surface area contributed by atoms with Crippen LogP contribution in [0, 0.1) is 6.92 Å².